The van der Waals surface area contributed by atoms with Crippen LogP contribution in [0.2, 0.25) is 0 Å². The average molecular weight is 152 g/mol. The molecule has 0 fully saturated rings. The number of hydrogen-bond acceptors (Lipinski definition) is 2. The van der Waals surface area contributed by atoms with Crippen molar-refractivity contribution in [3.8, 4) is 18.2 Å². The predicted octanol–water partition coefficient (Wildman–Crippen LogP) is 0.0762. The largest absolute Gasteiger partial charge is 0.493 e. The summed E-state index contributed by atoms with van der Waals surface area (Å²) in [4.78, 5) is 13.1. The highest BCUT2D eigenvalue weighted by Gasteiger charge is 2.05. The van der Waals surface area contributed by atoms with E-state index in [2.05, 4.69) is 10.9 Å². The van der Waals surface area contributed by atoms with Gasteiger partial charge in [0.2, 0.25) is 5.88 Å². The van der Waals surface area contributed by atoms with E-state index in [1.807, 2.05) is 0 Å². The maximum absolute atomic E-state index is 10.9. The second-order valence-electron chi connectivity index (χ2n) is 2.19. The first kappa shape index (κ1) is 7.48. The molecule has 0 aromatic carbocycles. The standard InChI is InChI=1S/C7H8N2O2/c1-3-5(2)9-4-6(10)8-7(9)11/h1,4-5,10H,2H3,(H,8,11). The molecule has 0 spiro atoms. The number of rotatable bonds is 1. The fourth-order valence-corrected chi connectivity index (χ4v) is 0.765. The van der Waals surface area contributed by atoms with Crippen LogP contribution in [-0.4, -0.2) is 14.7 Å². The van der Waals surface area contributed by atoms with E-state index in [1.54, 1.807) is 6.92 Å². The molecule has 0 saturated carbocycles. The molecule has 4 nitrogen and oxygen atoms in total. The number of H-pyrrole nitrogens is 1. The van der Waals surface area contributed by atoms with Gasteiger partial charge in [-0.1, -0.05) is 5.92 Å². The lowest BCUT2D eigenvalue weighted by atomic mass is 10.4. The summed E-state index contributed by atoms with van der Waals surface area (Å²) in [5.41, 5.74) is -0.395. The fourth-order valence-electron chi connectivity index (χ4n) is 0.765. The van der Waals surface area contributed by atoms with Crippen molar-refractivity contribution >= 4 is 0 Å². The molecule has 0 aliphatic heterocycles. The Hall–Kier alpha value is -1.63. The number of terminal acetylenes is 1. The maximum atomic E-state index is 10.9. The molecule has 1 aromatic heterocycles. The summed E-state index contributed by atoms with van der Waals surface area (Å²) >= 11 is 0. The minimum Gasteiger partial charge on any atom is -0.493 e. The van der Waals surface area contributed by atoms with Gasteiger partial charge in [-0.25, -0.2) is 4.79 Å². The van der Waals surface area contributed by atoms with Gasteiger partial charge in [-0.15, -0.1) is 6.42 Å². The quantitative estimate of drug-likeness (QED) is 0.560. The molecule has 2 N–H and O–H groups in total. The number of aromatic nitrogens is 2. The van der Waals surface area contributed by atoms with Crippen molar-refractivity contribution in [1.29, 1.82) is 0 Å². The van der Waals surface area contributed by atoms with Crippen LogP contribution >= 0.6 is 0 Å². The maximum Gasteiger partial charge on any atom is 0.329 e. The Morgan fingerprint density at radius 2 is 2.55 bits per heavy atom. The van der Waals surface area contributed by atoms with Crippen LogP contribution in [0.3, 0.4) is 0 Å². The summed E-state index contributed by atoms with van der Waals surface area (Å²) in [6.45, 7) is 1.69. The van der Waals surface area contributed by atoms with Gasteiger partial charge in [0, 0.05) is 0 Å². The van der Waals surface area contributed by atoms with Gasteiger partial charge in [0.05, 0.1) is 12.2 Å². The van der Waals surface area contributed by atoms with Gasteiger partial charge < -0.3 is 5.11 Å². The summed E-state index contributed by atoms with van der Waals surface area (Å²) < 4.78 is 1.25. The lowest BCUT2D eigenvalue weighted by Gasteiger charge is -2.00. The first-order chi connectivity index (χ1) is 5.15. The second kappa shape index (κ2) is 2.54. The van der Waals surface area contributed by atoms with E-state index in [1.165, 1.54) is 10.8 Å². The minimum absolute atomic E-state index is 0.169. The molecule has 0 bridgehead atoms. The molecule has 0 radical (unpaired) electrons. The van der Waals surface area contributed by atoms with Crippen LogP contribution in [0.4, 0.5) is 0 Å². The molecule has 0 aliphatic carbocycles. The van der Waals surface area contributed by atoms with Crippen molar-refractivity contribution < 1.29 is 5.11 Å². The number of aromatic hydroxyl groups is 1. The zero-order chi connectivity index (χ0) is 8.43. The van der Waals surface area contributed by atoms with Crippen LogP contribution in [0.15, 0.2) is 11.0 Å². The SMILES string of the molecule is C#CC(C)n1cc(O)[nH]c1=O. The van der Waals surface area contributed by atoms with E-state index in [0.717, 1.165) is 0 Å². The number of hydrogen-bond donors (Lipinski definition) is 2. The molecule has 4 heteroatoms. The summed E-state index contributed by atoms with van der Waals surface area (Å²) in [6, 6.07) is -0.334. The number of nitrogens with one attached hydrogen (secondary N) is 1. The Balaban J connectivity index is 3.16. The lowest BCUT2D eigenvalue weighted by molar-refractivity contribution is 0.454. The van der Waals surface area contributed by atoms with Crippen LogP contribution in [0, 0.1) is 12.3 Å². The number of aromatic amines is 1. The zero-order valence-corrected chi connectivity index (χ0v) is 6.03. The second-order valence-corrected chi connectivity index (χ2v) is 2.19. The van der Waals surface area contributed by atoms with E-state index < -0.39 is 5.69 Å². The van der Waals surface area contributed by atoms with Crippen LogP contribution < -0.4 is 5.69 Å². The topological polar surface area (TPSA) is 58.0 Å². The van der Waals surface area contributed by atoms with Crippen molar-refractivity contribution in [1.82, 2.24) is 9.55 Å². The minimum atomic E-state index is -0.395. The van der Waals surface area contributed by atoms with Gasteiger partial charge in [-0.2, -0.15) is 0 Å². The molecule has 0 aliphatic rings. The lowest BCUT2D eigenvalue weighted by Crippen LogP contribution is -2.18. The molecule has 1 rings (SSSR count). The van der Waals surface area contributed by atoms with Crippen molar-refractivity contribution in [2.24, 2.45) is 0 Å². The average Bonchev–Trinajstić information content (AvgIpc) is 2.28. The van der Waals surface area contributed by atoms with Gasteiger partial charge >= 0.3 is 5.69 Å². The zero-order valence-electron chi connectivity index (χ0n) is 6.03. The van der Waals surface area contributed by atoms with Crippen molar-refractivity contribution in [3.63, 3.8) is 0 Å². The summed E-state index contributed by atoms with van der Waals surface area (Å²) in [5.74, 6) is 2.20. The molecule has 11 heavy (non-hydrogen) atoms. The third kappa shape index (κ3) is 1.27. The molecule has 1 atom stereocenters. The normalized spacial score (nSPS) is 12.4. The molecule has 1 heterocycles. The van der Waals surface area contributed by atoms with E-state index >= 15 is 0 Å². The third-order valence-corrected chi connectivity index (χ3v) is 1.39. The van der Waals surface area contributed by atoms with E-state index in [9.17, 15) is 4.79 Å². The number of nitrogens with zero attached hydrogens (tertiary/aromatic N) is 1. The smallest absolute Gasteiger partial charge is 0.329 e. The van der Waals surface area contributed by atoms with E-state index in [4.69, 9.17) is 11.5 Å². The Bertz CT molecular complexity index is 342. The van der Waals surface area contributed by atoms with Crippen LogP contribution in [-0.2, 0) is 0 Å². The first-order valence-electron chi connectivity index (χ1n) is 3.11. The predicted molar refractivity (Wildman–Crippen MR) is 40.3 cm³/mol. The van der Waals surface area contributed by atoms with Crippen LogP contribution in [0.25, 0.3) is 0 Å². The Morgan fingerprint density at radius 1 is 1.91 bits per heavy atom. The number of imidazole rings is 1. The Morgan fingerprint density at radius 3 is 2.91 bits per heavy atom. The van der Waals surface area contributed by atoms with Gasteiger partial charge in [0.1, 0.15) is 0 Å². The molecule has 58 valence electrons. The van der Waals surface area contributed by atoms with Gasteiger partial charge in [-0.3, -0.25) is 9.55 Å². The van der Waals surface area contributed by atoms with Crippen molar-refractivity contribution in [3.05, 3.63) is 16.7 Å². The van der Waals surface area contributed by atoms with Crippen molar-refractivity contribution in [2.45, 2.75) is 13.0 Å². The van der Waals surface area contributed by atoms with Gasteiger partial charge in [-0.05, 0) is 6.92 Å². The summed E-state index contributed by atoms with van der Waals surface area (Å²) in [5, 5.41) is 8.83. The Labute approximate surface area is 63.5 Å². The van der Waals surface area contributed by atoms with Gasteiger partial charge in [0.15, 0.2) is 0 Å². The molecule has 0 amide bonds. The summed E-state index contributed by atoms with van der Waals surface area (Å²) in [6.07, 6.45) is 6.35. The molecule has 1 aromatic rings. The van der Waals surface area contributed by atoms with Crippen LogP contribution in [0.1, 0.15) is 13.0 Å². The summed E-state index contributed by atoms with van der Waals surface area (Å²) in [7, 11) is 0. The molecular formula is C7H8N2O2. The Kier molecular flexibility index (Phi) is 1.73. The molecule has 1 unspecified atom stereocenters. The van der Waals surface area contributed by atoms with Crippen molar-refractivity contribution in [2.75, 3.05) is 0 Å². The van der Waals surface area contributed by atoms with E-state index in [0.29, 0.717) is 0 Å². The highest BCUT2D eigenvalue weighted by molar-refractivity contribution is 5.06. The molecule has 0 saturated heterocycles. The van der Waals surface area contributed by atoms with E-state index in [-0.39, 0.29) is 11.9 Å². The monoisotopic (exact) mass is 152 g/mol. The third-order valence-electron chi connectivity index (χ3n) is 1.39. The molecular weight excluding hydrogens is 144 g/mol. The van der Waals surface area contributed by atoms with Crippen LogP contribution in [0.5, 0.6) is 5.88 Å². The highest BCUT2D eigenvalue weighted by Crippen LogP contribution is 2.04. The first-order valence-corrected chi connectivity index (χ1v) is 3.11. The fraction of sp³-hybridized carbons (Fsp3) is 0.286. The van der Waals surface area contributed by atoms with Gasteiger partial charge in [0.25, 0.3) is 0 Å². The highest BCUT2D eigenvalue weighted by atomic mass is 16.3.